The van der Waals surface area contributed by atoms with Gasteiger partial charge in [-0.1, -0.05) is 28.9 Å². The second-order valence-corrected chi connectivity index (χ2v) is 3.30. The number of rotatable bonds is 4. The highest BCUT2D eigenvalue weighted by atomic mass is 35.5. The Labute approximate surface area is 90.4 Å². The molecular formula is C9H7ClN2O3. The highest BCUT2D eigenvalue weighted by Crippen LogP contribution is 2.23. The molecule has 0 N–H and O–H groups in total. The molecule has 0 aromatic heterocycles. The second kappa shape index (κ2) is 5.31. The Balaban J connectivity index is 2.87. The van der Waals surface area contributed by atoms with Gasteiger partial charge in [0.15, 0.2) is 0 Å². The third-order valence-electron chi connectivity index (χ3n) is 1.83. The summed E-state index contributed by atoms with van der Waals surface area (Å²) in [4.78, 5) is 31.1. The lowest BCUT2D eigenvalue weighted by Crippen LogP contribution is -2.02. The van der Waals surface area contributed by atoms with E-state index in [2.05, 4.69) is 10.4 Å². The molecule has 0 saturated heterocycles. The van der Waals surface area contributed by atoms with Crippen LogP contribution in [-0.4, -0.2) is 5.91 Å². The maximum atomic E-state index is 10.7. The third kappa shape index (κ3) is 3.21. The van der Waals surface area contributed by atoms with Gasteiger partial charge in [0.1, 0.15) is 6.04 Å². The maximum Gasteiger partial charge on any atom is 0.288 e. The zero-order valence-corrected chi connectivity index (χ0v) is 8.35. The SMILES string of the molecule is O=NC(=O)C[C@H](N=O)c1cccc(Cl)c1. The molecule has 1 aromatic carbocycles. The van der Waals surface area contributed by atoms with Crippen LogP contribution in [0.1, 0.15) is 18.0 Å². The summed E-state index contributed by atoms with van der Waals surface area (Å²) in [5.74, 6) is -0.903. The first-order valence-corrected chi connectivity index (χ1v) is 4.49. The molecule has 0 saturated carbocycles. The number of nitrogens with zero attached hydrogens (tertiary/aromatic N) is 2. The van der Waals surface area contributed by atoms with Crippen molar-refractivity contribution in [2.45, 2.75) is 12.5 Å². The molecular weight excluding hydrogens is 220 g/mol. The van der Waals surface area contributed by atoms with E-state index in [0.29, 0.717) is 10.6 Å². The Bertz CT molecular complexity index is 395. The average Bonchev–Trinajstić information content (AvgIpc) is 2.25. The van der Waals surface area contributed by atoms with E-state index < -0.39 is 11.9 Å². The zero-order chi connectivity index (χ0) is 11.3. The lowest BCUT2D eigenvalue weighted by atomic mass is 10.0. The van der Waals surface area contributed by atoms with E-state index in [4.69, 9.17) is 11.6 Å². The van der Waals surface area contributed by atoms with E-state index in [9.17, 15) is 14.6 Å². The fourth-order valence-electron chi connectivity index (χ4n) is 1.13. The number of carbonyl (C=O) groups excluding carboxylic acids is 1. The molecule has 0 radical (unpaired) electrons. The Morgan fingerprint density at radius 3 is 2.67 bits per heavy atom. The van der Waals surface area contributed by atoms with Gasteiger partial charge in [0.25, 0.3) is 5.91 Å². The summed E-state index contributed by atoms with van der Waals surface area (Å²) < 4.78 is 0. The van der Waals surface area contributed by atoms with Crippen LogP contribution in [0.5, 0.6) is 0 Å². The first-order valence-electron chi connectivity index (χ1n) is 4.11. The van der Waals surface area contributed by atoms with Gasteiger partial charge in [0.2, 0.25) is 0 Å². The average molecular weight is 227 g/mol. The molecule has 0 bridgehead atoms. The first kappa shape index (κ1) is 11.5. The summed E-state index contributed by atoms with van der Waals surface area (Å²) in [5.41, 5.74) is 0.495. The Morgan fingerprint density at radius 2 is 2.13 bits per heavy atom. The van der Waals surface area contributed by atoms with E-state index in [1.54, 1.807) is 18.2 Å². The maximum absolute atomic E-state index is 10.7. The number of halogens is 1. The van der Waals surface area contributed by atoms with Gasteiger partial charge < -0.3 is 0 Å². The minimum atomic E-state index is -0.908. The fraction of sp³-hybridized carbons (Fsp3) is 0.222. The van der Waals surface area contributed by atoms with Crippen LogP contribution in [0.4, 0.5) is 0 Å². The lowest BCUT2D eigenvalue weighted by Gasteiger charge is -2.05. The smallest absolute Gasteiger partial charge is 0.269 e. The minimum Gasteiger partial charge on any atom is -0.269 e. The number of amides is 1. The zero-order valence-electron chi connectivity index (χ0n) is 7.59. The van der Waals surface area contributed by atoms with Gasteiger partial charge in [0.05, 0.1) is 6.42 Å². The Hall–Kier alpha value is -1.62. The second-order valence-electron chi connectivity index (χ2n) is 2.87. The van der Waals surface area contributed by atoms with E-state index in [0.717, 1.165) is 0 Å². The molecule has 1 atom stereocenters. The molecule has 0 heterocycles. The molecule has 0 aliphatic heterocycles. The van der Waals surface area contributed by atoms with Crippen LogP contribution in [0, 0.1) is 9.81 Å². The molecule has 15 heavy (non-hydrogen) atoms. The number of hydrogen-bond donors (Lipinski definition) is 0. The van der Waals surface area contributed by atoms with Gasteiger partial charge in [-0.3, -0.25) is 4.79 Å². The van der Waals surface area contributed by atoms with Crippen molar-refractivity contribution in [3.63, 3.8) is 0 Å². The van der Waals surface area contributed by atoms with E-state index in [1.165, 1.54) is 6.07 Å². The van der Waals surface area contributed by atoms with Crippen molar-refractivity contribution >= 4 is 17.5 Å². The van der Waals surface area contributed by atoms with Gasteiger partial charge in [-0.15, -0.1) is 4.91 Å². The monoisotopic (exact) mass is 226 g/mol. The standard InChI is InChI=1S/C9H7ClN2O3/c10-7-3-1-2-6(4-7)8(11-14)5-9(13)12-15/h1-4,8H,5H2/t8-/m0/s1. The van der Waals surface area contributed by atoms with Crippen molar-refractivity contribution in [2.75, 3.05) is 0 Å². The molecule has 0 aliphatic rings. The van der Waals surface area contributed by atoms with Crippen LogP contribution in [0.15, 0.2) is 34.6 Å². The highest BCUT2D eigenvalue weighted by molar-refractivity contribution is 6.30. The molecule has 78 valence electrons. The first-order chi connectivity index (χ1) is 7.17. The van der Waals surface area contributed by atoms with Crippen molar-refractivity contribution in [2.24, 2.45) is 10.4 Å². The van der Waals surface area contributed by atoms with Crippen molar-refractivity contribution in [3.05, 3.63) is 44.7 Å². The summed E-state index contributed by atoms with van der Waals surface area (Å²) in [6.45, 7) is 0. The molecule has 1 aromatic rings. The number of hydrogen-bond acceptors (Lipinski definition) is 4. The summed E-state index contributed by atoms with van der Waals surface area (Å²) in [6, 6.07) is 5.48. The molecule has 5 nitrogen and oxygen atoms in total. The van der Waals surface area contributed by atoms with Gasteiger partial charge in [-0.25, -0.2) is 0 Å². The number of benzene rings is 1. The van der Waals surface area contributed by atoms with Crippen molar-refractivity contribution < 1.29 is 4.79 Å². The quantitative estimate of drug-likeness (QED) is 0.741. The molecule has 0 fully saturated rings. The Kier molecular flexibility index (Phi) is 4.05. The highest BCUT2D eigenvalue weighted by Gasteiger charge is 2.17. The third-order valence-corrected chi connectivity index (χ3v) is 2.07. The van der Waals surface area contributed by atoms with E-state index in [1.807, 2.05) is 0 Å². The van der Waals surface area contributed by atoms with Crippen LogP contribution >= 0.6 is 11.6 Å². The lowest BCUT2D eigenvalue weighted by molar-refractivity contribution is -0.118. The molecule has 0 spiro atoms. The van der Waals surface area contributed by atoms with Crippen molar-refractivity contribution in [3.8, 4) is 0 Å². The summed E-state index contributed by atoms with van der Waals surface area (Å²) in [7, 11) is 0. The normalized spacial score (nSPS) is 11.8. The molecule has 0 aliphatic carbocycles. The molecule has 1 rings (SSSR count). The topological polar surface area (TPSA) is 75.9 Å². The number of carbonyl (C=O) groups is 1. The predicted molar refractivity (Wildman–Crippen MR) is 55.4 cm³/mol. The van der Waals surface area contributed by atoms with Gasteiger partial charge in [-0.2, -0.15) is 4.91 Å². The molecule has 6 heteroatoms. The van der Waals surface area contributed by atoms with Crippen LogP contribution in [0.3, 0.4) is 0 Å². The van der Waals surface area contributed by atoms with Gasteiger partial charge >= 0.3 is 0 Å². The predicted octanol–water partition coefficient (Wildman–Crippen LogP) is 2.83. The number of nitroso groups, excluding NO2 is 2. The largest absolute Gasteiger partial charge is 0.288 e. The molecule has 1 amide bonds. The van der Waals surface area contributed by atoms with E-state index >= 15 is 0 Å². The van der Waals surface area contributed by atoms with Crippen LogP contribution in [0.2, 0.25) is 5.02 Å². The Morgan fingerprint density at radius 1 is 1.40 bits per heavy atom. The molecule has 0 unspecified atom stereocenters. The van der Waals surface area contributed by atoms with Crippen LogP contribution in [-0.2, 0) is 4.79 Å². The minimum absolute atomic E-state index is 0.326. The van der Waals surface area contributed by atoms with Crippen molar-refractivity contribution in [1.82, 2.24) is 0 Å². The fourth-order valence-corrected chi connectivity index (χ4v) is 1.33. The summed E-state index contributed by atoms with van der Waals surface area (Å²) in [5, 5.41) is 5.40. The van der Waals surface area contributed by atoms with Gasteiger partial charge in [-0.05, 0) is 17.7 Å². The summed E-state index contributed by atoms with van der Waals surface area (Å²) >= 11 is 5.70. The van der Waals surface area contributed by atoms with Gasteiger partial charge in [0, 0.05) is 10.2 Å². The van der Waals surface area contributed by atoms with Crippen LogP contribution < -0.4 is 0 Å². The van der Waals surface area contributed by atoms with Crippen molar-refractivity contribution in [1.29, 1.82) is 0 Å². The summed E-state index contributed by atoms with van der Waals surface area (Å²) in [6.07, 6.45) is -0.326. The van der Waals surface area contributed by atoms with Crippen LogP contribution in [0.25, 0.3) is 0 Å². The van der Waals surface area contributed by atoms with E-state index in [-0.39, 0.29) is 6.42 Å².